The first-order chi connectivity index (χ1) is 9.70. The first kappa shape index (κ1) is 13.5. The number of β-amino-alcohol motifs (C(OH)–C–C–N with tert-alkyl or cyclic N) is 1. The van der Waals surface area contributed by atoms with Crippen LogP contribution >= 0.6 is 0 Å². The van der Waals surface area contributed by atoms with Gasteiger partial charge in [0.05, 0.1) is 19.3 Å². The third-order valence-corrected chi connectivity index (χ3v) is 4.14. The largest absolute Gasteiger partial charge is 0.396 e. The minimum absolute atomic E-state index is 0.0468. The van der Waals surface area contributed by atoms with Gasteiger partial charge in [0.1, 0.15) is 0 Å². The molecule has 1 saturated heterocycles. The molecule has 1 aromatic rings. The molecule has 0 spiro atoms. The topological polar surface area (TPSA) is 98.7 Å². The lowest BCUT2D eigenvalue weighted by Gasteiger charge is -2.34. The summed E-state index contributed by atoms with van der Waals surface area (Å²) in [7, 11) is 0. The Kier molecular flexibility index (Phi) is 3.73. The lowest BCUT2D eigenvalue weighted by molar-refractivity contribution is 0.000481. The number of nitrogens with zero attached hydrogens (tertiary/aromatic N) is 2. The molecule has 0 unspecified atom stereocenters. The van der Waals surface area contributed by atoms with E-state index in [2.05, 4.69) is 10.2 Å². The van der Waals surface area contributed by atoms with Gasteiger partial charge in [0.2, 0.25) is 0 Å². The van der Waals surface area contributed by atoms with Crippen LogP contribution in [0.1, 0.15) is 28.2 Å². The zero-order chi connectivity index (χ0) is 14.1. The maximum absolute atomic E-state index is 12.5. The number of H-pyrrole nitrogens is 1. The van der Waals surface area contributed by atoms with Gasteiger partial charge in [-0.1, -0.05) is 0 Å². The number of rotatable bonds is 2. The van der Waals surface area contributed by atoms with Gasteiger partial charge < -0.3 is 19.8 Å². The summed E-state index contributed by atoms with van der Waals surface area (Å²) in [5, 5.41) is 26.1. The first-order valence-corrected chi connectivity index (χ1v) is 6.92. The van der Waals surface area contributed by atoms with Crippen molar-refractivity contribution in [1.82, 2.24) is 15.1 Å². The molecule has 20 heavy (non-hydrogen) atoms. The minimum Gasteiger partial charge on any atom is -0.396 e. The van der Waals surface area contributed by atoms with Crippen LogP contribution in [-0.2, 0) is 17.8 Å². The number of hydrogen-bond donors (Lipinski definition) is 3. The Morgan fingerprint density at radius 3 is 3.15 bits per heavy atom. The van der Waals surface area contributed by atoms with E-state index in [1.54, 1.807) is 4.90 Å². The molecular formula is C13H19N3O4. The van der Waals surface area contributed by atoms with Crippen LogP contribution in [0.25, 0.3) is 0 Å². The number of piperidine rings is 1. The van der Waals surface area contributed by atoms with Gasteiger partial charge in [-0.25, -0.2) is 0 Å². The number of carbonyl (C=O) groups is 1. The van der Waals surface area contributed by atoms with Crippen LogP contribution in [0.3, 0.4) is 0 Å². The molecule has 2 aliphatic rings. The number of ether oxygens (including phenoxy) is 1. The number of aliphatic hydroxyl groups excluding tert-OH is 2. The number of likely N-dealkylation sites (tertiary alicyclic amines) is 1. The molecule has 2 aliphatic heterocycles. The quantitative estimate of drug-likeness (QED) is 0.665. The Morgan fingerprint density at radius 1 is 1.55 bits per heavy atom. The summed E-state index contributed by atoms with van der Waals surface area (Å²) in [5.41, 5.74) is 2.19. The Bertz CT molecular complexity index is 502. The molecular weight excluding hydrogens is 262 g/mol. The van der Waals surface area contributed by atoms with Gasteiger partial charge in [-0.15, -0.1) is 0 Å². The normalized spacial score (nSPS) is 26.4. The number of aliphatic hydroxyl groups is 2. The number of hydrogen-bond acceptors (Lipinski definition) is 5. The fraction of sp³-hybridized carbons (Fsp3) is 0.692. The van der Waals surface area contributed by atoms with Crippen LogP contribution in [0.2, 0.25) is 0 Å². The van der Waals surface area contributed by atoms with E-state index in [0.717, 1.165) is 17.7 Å². The highest BCUT2D eigenvalue weighted by molar-refractivity contribution is 5.94. The predicted octanol–water partition coefficient (Wildman–Crippen LogP) is -0.702. The molecule has 1 amide bonds. The number of carbonyl (C=O) groups excluding carboxylic acids is 1. The van der Waals surface area contributed by atoms with E-state index >= 15 is 0 Å². The van der Waals surface area contributed by atoms with Crippen LogP contribution in [0.4, 0.5) is 0 Å². The van der Waals surface area contributed by atoms with E-state index in [-0.39, 0.29) is 25.0 Å². The molecule has 0 bridgehead atoms. The molecule has 0 radical (unpaired) electrons. The van der Waals surface area contributed by atoms with Crippen LogP contribution in [-0.4, -0.2) is 63.6 Å². The molecule has 110 valence electrons. The van der Waals surface area contributed by atoms with E-state index in [1.165, 1.54) is 0 Å². The monoisotopic (exact) mass is 281 g/mol. The predicted molar refractivity (Wildman–Crippen MR) is 69.1 cm³/mol. The number of amides is 1. The first-order valence-electron chi connectivity index (χ1n) is 6.92. The summed E-state index contributed by atoms with van der Waals surface area (Å²) in [5.74, 6) is -0.320. The summed E-state index contributed by atoms with van der Waals surface area (Å²) in [4.78, 5) is 14.1. The number of nitrogens with one attached hydrogen (secondary N) is 1. The Balaban J connectivity index is 1.75. The molecule has 3 heterocycles. The van der Waals surface area contributed by atoms with Crippen molar-refractivity contribution in [3.63, 3.8) is 0 Å². The second kappa shape index (κ2) is 5.51. The summed E-state index contributed by atoms with van der Waals surface area (Å²) >= 11 is 0. The molecule has 1 fully saturated rings. The lowest BCUT2D eigenvalue weighted by Crippen LogP contribution is -2.47. The average Bonchev–Trinajstić information content (AvgIpc) is 2.90. The molecule has 1 aromatic heterocycles. The standard InChI is InChI=1S/C13H19N3O4/c17-6-8-1-3-16(5-11(8)18)13(19)12-9-7-20-4-2-10(9)14-15-12/h8,11,17-18H,1-7H2,(H,14,15)/t8-,11+/m1/s1. The SMILES string of the molecule is O=C(c1n[nH]c2c1COCC2)N1CC[C@H](CO)[C@@H](O)C1. The van der Waals surface area contributed by atoms with Crippen molar-refractivity contribution in [2.45, 2.75) is 25.6 Å². The van der Waals surface area contributed by atoms with Crippen molar-refractivity contribution in [3.8, 4) is 0 Å². The van der Waals surface area contributed by atoms with Gasteiger partial charge in [0.25, 0.3) is 5.91 Å². The smallest absolute Gasteiger partial charge is 0.274 e. The van der Waals surface area contributed by atoms with E-state index in [9.17, 15) is 9.90 Å². The van der Waals surface area contributed by atoms with Crippen molar-refractivity contribution in [2.24, 2.45) is 5.92 Å². The van der Waals surface area contributed by atoms with Crippen molar-refractivity contribution in [3.05, 3.63) is 17.0 Å². The number of aromatic amines is 1. The zero-order valence-electron chi connectivity index (χ0n) is 11.2. The Labute approximate surface area is 116 Å². The van der Waals surface area contributed by atoms with Crippen LogP contribution < -0.4 is 0 Å². The molecule has 7 nitrogen and oxygen atoms in total. The maximum atomic E-state index is 12.5. The van der Waals surface area contributed by atoms with Crippen LogP contribution in [0.5, 0.6) is 0 Å². The molecule has 2 atom stereocenters. The van der Waals surface area contributed by atoms with E-state index in [1.807, 2.05) is 0 Å². The van der Waals surface area contributed by atoms with Crippen molar-refractivity contribution in [1.29, 1.82) is 0 Å². The van der Waals surface area contributed by atoms with E-state index < -0.39 is 6.10 Å². The van der Waals surface area contributed by atoms with Gasteiger partial charge in [-0.2, -0.15) is 5.10 Å². The average molecular weight is 281 g/mol. The summed E-state index contributed by atoms with van der Waals surface area (Å²) in [6.45, 7) is 1.77. The van der Waals surface area contributed by atoms with Gasteiger partial charge in [0.15, 0.2) is 5.69 Å². The summed E-state index contributed by atoms with van der Waals surface area (Å²) < 4.78 is 5.37. The number of aromatic nitrogens is 2. The van der Waals surface area contributed by atoms with E-state index in [0.29, 0.717) is 31.9 Å². The molecule has 0 aliphatic carbocycles. The molecule has 0 aromatic carbocycles. The fourth-order valence-electron chi connectivity index (χ4n) is 2.82. The second-order valence-corrected chi connectivity index (χ2v) is 5.38. The molecule has 7 heteroatoms. The molecule has 3 N–H and O–H groups in total. The van der Waals surface area contributed by atoms with Crippen molar-refractivity contribution >= 4 is 5.91 Å². The Hall–Kier alpha value is -1.44. The fourth-order valence-corrected chi connectivity index (χ4v) is 2.82. The zero-order valence-corrected chi connectivity index (χ0v) is 11.2. The maximum Gasteiger partial charge on any atom is 0.274 e. The Morgan fingerprint density at radius 2 is 2.40 bits per heavy atom. The molecule has 0 saturated carbocycles. The highest BCUT2D eigenvalue weighted by atomic mass is 16.5. The lowest BCUT2D eigenvalue weighted by atomic mass is 9.94. The summed E-state index contributed by atoms with van der Waals surface area (Å²) in [6, 6.07) is 0. The third-order valence-electron chi connectivity index (χ3n) is 4.14. The van der Waals surface area contributed by atoms with Gasteiger partial charge in [0, 0.05) is 43.3 Å². The molecule has 3 rings (SSSR count). The highest BCUT2D eigenvalue weighted by Crippen LogP contribution is 2.23. The van der Waals surface area contributed by atoms with Gasteiger partial charge >= 0.3 is 0 Å². The van der Waals surface area contributed by atoms with Crippen LogP contribution in [0.15, 0.2) is 0 Å². The minimum atomic E-state index is -0.677. The second-order valence-electron chi connectivity index (χ2n) is 5.38. The van der Waals surface area contributed by atoms with Crippen molar-refractivity contribution < 1.29 is 19.7 Å². The third kappa shape index (κ3) is 2.32. The van der Waals surface area contributed by atoms with Crippen LogP contribution in [0, 0.1) is 5.92 Å². The van der Waals surface area contributed by atoms with E-state index in [4.69, 9.17) is 9.84 Å². The van der Waals surface area contributed by atoms with Gasteiger partial charge in [-0.05, 0) is 6.42 Å². The van der Waals surface area contributed by atoms with Crippen molar-refractivity contribution in [2.75, 3.05) is 26.3 Å². The number of fused-ring (bicyclic) bond motifs is 1. The highest BCUT2D eigenvalue weighted by Gasteiger charge is 2.32. The van der Waals surface area contributed by atoms with Gasteiger partial charge in [-0.3, -0.25) is 9.89 Å². The summed E-state index contributed by atoms with van der Waals surface area (Å²) in [6.07, 6.45) is 0.667.